The number of carbonyl (C=O) groups is 2. The van der Waals surface area contributed by atoms with Gasteiger partial charge in [-0.1, -0.05) is 102 Å². The molecule has 2 aliphatic carbocycles. The summed E-state index contributed by atoms with van der Waals surface area (Å²) in [6.45, 7) is 12.2. The fraction of sp³-hybridized carbons (Fsp3) is 0.486. The van der Waals surface area contributed by atoms with Crippen LogP contribution in [0.5, 0.6) is 0 Å². The summed E-state index contributed by atoms with van der Waals surface area (Å²) in [7, 11) is 1.59. The van der Waals surface area contributed by atoms with Crippen molar-refractivity contribution in [3.05, 3.63) is 88.2 Å². The third kappa shape index (κ3) is 12.9. The van der Waals surface area contributed by atoms with E-state index in [1.807, 2.05) is 38.1 Å². The van der Waals surface area contributed by atoms with Crippen LogP contribution < -0.4 is 16.4 Å². The molecule has 1 heterocycles. The SMILES string of the molecule is C1CC1.C=C(O)C(=NC)NC1=C(C=O)C2CCC(c3ccccc3)CC2S1.CCC(=O)Nc1cc(CN)ccc1C.CCCC. The van der Waals surface area contributed by atoms with Gasteiger partial charge in [-0.3, -0.25) is 14.6 Å². The average molecular weight is 635 g/mol. The molecule has 5 rings (SSSR count). The fourth-order valence-corrected chi connectivity index (χ4v) is 6.38. The number of aliphatic imine (C=N–C) groups is 1. The lowest BCUT2D eigenvalue weighted by atomic mass is 9.76. The monoisotopic (exact) mass is 634 g/mol. The van der Waals surface area contributed by atoms with Crippen LogP contribution in [-0.4, -0.2) is 35.4 Å². The second-order valence-electron chi connectivity index (χ2n) is 11.5. The molecule has 2 fully saturated rings. The number of anilines is 1. The molecule has 8 heteroatoms. The van der Waals surface area contributed by atoms with Crippen molar-refractivity contribution < 1.29 is 14.7 Å². The first kappa shape index (κ1) is 37.8. The van der Waals surface area contributed by atoms with Gasteiger partial charge in [-0.15, -0.1) is 11.8 Å². The highest BCUT2D eigenvalue weighted by Crippen LogP contribution is 2.51. The Bertz CT molecular complexity index is 1290. The van der Waals surface area contributed by atoms with Gasteiger partial charge in [-0.25, -0.2) is 0 Å². The van der Waals surface area contributed by atoms with Crippen molar-refractivity contribution >= 4 is 35.5 Å². The van der Waals surface area contributed by atoms with E-state index in [1.54, 1.807) is 18.8 Å². The number of allylic oxidation sites excluding steroid dienone is 1. The molecule has 3 aliphatic rings. The quantitative estimate of drug-likeness (QED) is 0.100. The summed E-state index contributed by atoms with van der Waals surface area (Å²) in [5, 5.41) is 16.7. The minimum absolute atomic E-state index is 0.0299. The van der Waals surface area contributed by atoms with Gasteiger partial charge in [-0.2, -0.15) is 0 Å². The number of rotatable bonds is 8. The van der Waals surface area contributed by atoms with Crippen LogP contribution in [0.1, 0.15) is 101 Å². The number of thioether (sulfide) groups is 1. The van der Waals surface area contributed by atoms with Crippen LogP contribution in [0.4, 0.5) is 5.69 Å². The number of aliphatic hydroxyl groups is 1. The van der Waals surface area contributed by atoms with Crippen molar-refractivity contribution in [2.45, 2.75) is 103 Å². The summed E-state index contributed by atoms with van der Waals surface area (Å²) in [6.07, 6.45) is 11.7. The Balaban J connectivity index is 0.000000281. The van der Waals surface area contributed by atoms with E-state index in [-0.39, 0.29) is 17.6 Å². The summed E-state index contributed by atoms with van der Waals surface area (Å²) in [4.78, 5) is 26.8. The Morgan fingerprint density at radius 2 is 1.73 bits per heavy atom. The molecule has 2 aromatic carbocycles. The lowest BCUT2D eigenvalue weighted by Crippen LogP contribution is -2.25. The van der Waals surface area contributed by atoms with E-state index in [0.717, 1.165) is 53.0 Å². The highest BCUT2D eigenvalue weighted by Gasteiger charge is 2.40. The van der Waals surface area contributed by atoms with Crippen molar-refractivity contribution in [1.29, 1.82) is 0 Å². The molecule has 0 bridgehead atoms. The topological polar surface area (TPSA) is 117 Å². The first-order chi connectivity index (χ1) is 21.7. The van der Waals surface area contributed by atoms with Crippen molar-refractivity contribution in [2.75, 3.05) is 12.4 Å². The first-order valence-corrected chi connectivity index (χ1v) is 17.2. The molecule has 45 heavy (non-hydrogen) atoms. The van der Waals surface area contributed by atoms with Crippen LogP contribution in [-0.2, 0) is 16.1 Å². The van der Waals surface area contributed by atoms with Gasteiger partial charge < -0.3 is 21.5 Å². The number of amides is 1. The third-order valence-corrected chi connectivity index (χ3v) is 9.23. The first-order valence-electron chi connectivity index (χ1n) is 16.3. The number of unbranched alkanes of at least 4 members (excludes halogenated alkanes) is 1. The number of nitrogens with zero attached hydrogens (tertiary/aromatic N) is 1. The number of nitrogens with one attached hydrogen (secondary N) is 2. The van der Waals surface area contributed by atoms with E-state index >= 15 is 0 Å². The number of hydrogen-bond acceptors (Lipinski definition) is 6. The lowest BCUT2D eigenvalue weighted by Gasteiger charge is -2.32. The molecule has 0 saturated heterocycles. The fourth-order valence-electron chi connectivity index (χ4n) is 4.81. The van der Waals surface area contributed by atoms with Gasteiger partial charge in [0.1, 0.15) is 6.29 Å². The number of aliphatic hydroxyl groups excluding tert-OH is 1. The largest absolute Gasteiger partial charge is 0.505 e. The minimum atomic E-state index is -0.118. The van der Waals surface area contributed by atoms with Crippen LogP contribution in [0.25, 0.3) is 0 Å². The van der Waals surface area contributed by atoms with Gasteiger partial charge in [0, 0.05) is 42.4 Å². The van der Waals surface area contributed by atoms with Crippen LogP contribution in [0.2, 0.25) is 0 Å². The Hall–Kier alpha value is -3.36. The number of fused-ring (bicyclic) bond motifs is 1. The highest BCUT2D eigenvalue weighted by molar-refractivity contribution is 8.04. The summed E-state index contributed by atoms with van der Waals surface area (Å²) in [6, 6.07) is 16.4. The number of amidine groups is 1. The normalized spacial score (nSPS) is 19.7. The molecular formula is C37H54N4O3S. The van der Waals surface area contributed by atoms with Gasteiger partial charge in [0.2, 0.25) is 5.91 Å². The molecule has 3 atom stereocenters. The number of carbonyl (C=O) groups excluding carboxylic acids is 2. The maximum absolute atomic E-state index is 11.6. The predicted molar refractivity (Wildman–Crippen MR) is 192 cm³/mol. The zero-order valence-electron chi connectivity index (χ0n) is 27.9. The zero-order valence-corrected chi connectivity index (χ0v) is 28.7. The van der Waals surface area contributed by atoms with Crippen molar-refractivity contribution in [2.24, 2.45) is 16.6 Å². The molecule has 2 aromatic rings. The smallest absolute Gasteiger partial charge is 0.224 e. The van der Waals surface area contributed by atoms with Crippen LogP contribution in [0.3, 0.4) is 0 Å². The molecule has 0 spiro atoms. The van der Waals surface area contributed by atoms with Crippen molar-refractivity contribution in [1.82, 2.24) is 5.32 Å². The number of benzene rings is 2. The molecule has 7 nitrogen and oxygen atoms in total. The Morgan fingerprint density at radius 3 is 2.24 bits per heavy atom. The van der Waals surface area contributed by atoms with E-state index in [1.165, 1.54) is 37.7 Å². The number of aldehydes is 1. The molecule has 1 amide bonds. The predicted octanol–water partition coefficient (Wildman–Crippen LogP) is 8.56. The molecule has 246 valence electrons. The van der Waals surface area contributed by atoms with E-state index in [4.69, 9.17) is 5.73 Å². The summed E-state index contributed by atoms with van der Waals surface area (Å²) < 4.78 is 0. The third-order valence-electron chi connectivity index (χ3n) is 7.84. The summed E-state index contributed by atoms with van der Waals surface area (Å²) in [5.41, 5.74) is 10.7. The second-order valence-corrected chi connectivity index (χ2v) is 12.8. The Kier molecular flexibility index (Phi) is 17.3. The maximum atomic E-state index is 11.6. The Morgan fingerprint density at radius 1 is 1.07 bits per heavy atom. The standard InChI is InChI=1S/C19H22N2O2S.C11H16N2O.C4H10.C3H6/c1-12(23)18(20-2)21-19-16(11-22)15-9-8-14(10-17(15)24-19)13-6-4-3-5-7-13;1-3-11(14)13-10-6-9(7-12)5-4-8(10)2;1-3-4-2;1-2-3-1/h3-7,11,14-15,17,23H,1,8-10H2,2H3,(H,20,21);4-6H,3,7,12H2,1-2H3,(H,13,14);3-4H2,1-2H3;1-3H2. The van der Waals surface area contributed by atoms with Crippen LogP contribution in [0, 0.1) is 12.8 Å². The van der Waals surface area contributed by atoms with Gasteiger partial charge >= 0.3 is 0 Å². The van der Waals surface area contributed by atoms with Crippen LogP contribution >= 0.6 is 11.8 Å². The zero-order chi connectivity index (χ0) is 33.2. The van der Waals surface area contributed by atoms with Crippen molar-refractivity contribution in [3.8, 4) is 0 Å². The summed E-state index contributed by atoms with van der Waals surface area (Å²) in [5.74, 6) is 1.05. The van der Waals surface area contributed by atoms with Crippen LogP contribution in [0.15, 0.2) is 76.5 Å². The molecule has 2 saturated carbocycles. The molecule has 1 aliphatic heterocycles. The maximum Gasteiger partial charge on any atom is 0.224 e. The Labute approximate surface area is 275 Å². The molecular weight excluding hydrogens is 580 g/mol. The molecule has 0 aromatic heterocycles. The van der Waals surface area contributed by atoms with E-state index < -0.39 is 0 Å². The average Bonchev–Trinajstić information content (AvgIpc) is 3.92. The molecule has 3 unspecified atom stereocenters. The highest BCUT2D eigenvalue weighted by atomic mass is 32.2. The number of hydrogen-bond donors (Lipinski definition) is 4. The molecule has 0 radical (unpaired) electrons. The van der Waals surface area contributed by atoms with Gasteiger partial charge in [0.25, 0.3) is 0 Å². The summed E-state index contributed by atoms with van der Waals surface area (Å²) >= 11 is 1.69. The second kappa shape index (κ2) is 20.6. The van der Waals surface area contributed by atoms with Gasteiger partial charge in [-0.05, 0) is 54.9 Å². The minimum Gasteiger partial charge on any atom is -0.505 e. The van der Waals surface area contributed by atoms with E-state index in [0.29, 0.717) is 30.0 Å². The van der Waals surface area contributed by atoms with E-state index in [2.05, 4.69) is 60.3 Å². The number of aryl methyl sites for hydroxylation is 1. The lowest BCUT2D eigenvalue weighted by molar-refractivity contribution is -0.115. The van der Waals surface area contributed by atoms with Gasteiger partial charge in [0.05, 0.1) is 5.03 Å². The number of nitrogens with two attached hydrogens (primary N) is 1. The molecule has 5 N–H and O–H groups in total. The van der Waals surface area contributed by atoms with E-state index in [9.17, 15) is 14.7 Å². The van der Waals surface area contributed by atoms with Crippen molar-refractivity contribution in [3.63, 3.8) is 0 Å². The van der Waals surface area contributed by atoms with Gasteiger partial charge in [0.15, 0.2) is 11.6 Å².